The molecule has 0 aliphatic rings. The molecule has 1 atom stereocenters. The molecule has 20 heavy (non-hydrogen) atoms. The molecule has 0 saturated heterocycles. The van der Waals surface area contributed by atoms with Gasteiger partial charge in [0.2, 0.25) is 5.82 Å². The second-order valence-corrected chi connectivity index (χ2v) is 4.56. The van der Waals surface area contributed by atoms with E-state index in [4.69, 9.17) is 10.5 Å². The van der Waals surface area contributed by atoms with Gasteiger partial charge in [-0.1, -0.05) is 37.3 Å². The number of halogens is 2. The van der Waals surface area contributed by atoms with Crippen molar-refractivity contribution >= 4 is 0 Å². The zero-order valence-corrected chi connectivity index (χ0v) is 11.3. The Morgan fingerprint density at radius 2 is 1.80 bits per heavy atom. The summed E-state index contributed by atoms with van der Waals surface area (Å²) in [5.74, 6) is -2.03. The first kappa shape index (κ1) is 14.5. The summed E-state index contributed by atoms with van der Waals surface area (Å²) >= 11 is 0. The molecular formula is C16H17F2NO. The third-order valence-corrected chi connectivity index (χ3v) is 3.15. The molecule has 0 radical (unpaired) electrons. The van der Waals surface area contributed by atoms with E-state index < -0.39 is 11.6 Å². The highest BCUT2D eigenvalue weighted by Crippen LogP contribution is 2.21. The number of rotatable bonds is 5. The number of nitrogens with two attached hydrogens (primary N) is 1. The van der Waals surface area contributed by atoms with Crippen LogP contribution in [-0.2, 0) is 6.42 Å². The standard InChI is InChI=1S/C16H17F2NO/c1-2-11-6-8-12(9-7-11)14(19)10-20-15-5-3-4-13(17)16(15)18/h3-9,14H,2,10,19H2,1H3. The van der Waals surface area contributed by atoms with Crippen LogP contribution in [-0.4, -0.2) is 6.61 Å². The predicted octanol–water partition coefficient (Wildman–Crippen LogP) is 3.61. The van der Waals surface area contributed by atoms with Crippen molar-refractivity contribution in [1.82, 2.24) is 0 Å². The summed E-state index contributed by atoms with van der Waals surface area (Å²) in [4.78, 5) is 0. The van der Waals surface area contributed by atoms with Gasteiger partial charge in [0.1, 0.15) is 6.61 Å². The van der Waals surface area contributed by atoms with Crippen LogP contribution in [0.25, 0.3) is 0 Å². The largest absolute Gasteiger partial charge is 0.488 e. The Kier molecular flexibility index (Phi) is 4.69. The summed E-state index contributed by atoms with van der Waals surface area (Å²) in [6.45, 7) is 2.16. The van der Waals surface area contributed by atoms with Gasteiger partial charge in [0.05, 0.1) is 6.04 Å². The van der Waals surface area contributed by atoms with Crippen molar-refractivity contribution in [3.63, 3.8) is 0 Å². The van der Waals surface area contributed by atoms with Gasteiger partial charge in [-0.15, -0.1) is 0 Å². The molecule has 2 aromatic carbocycles. The molecule has 0 saturated carbocycles. The predicted molar refractivity (Wildman–Crippen MR) is 74.6 cm³/mol. The monoisotopic (exact) mass is 277 g/mol. The Morgan fingerprint density at radius 1 is 1.10 bits per heavy atom. The Balaban J connectivity index is 2.00. The molecule has 4 heteroatoms. The number of hydrogen-bond acceptors (Lipinski definition) is 2. The lowest BCUT2D eigenvalue weighted by atomic mass is 10.1. The molecule has 0 aromatic heterocycles. The first-order valence-electron chi connectivity index (χ1n) is 6.53. The van der Waals surface area contributed by atoms with Crippen LogP contribution in [0, 0.1) is 11.6 Å². The van der Waals surface area contributed by atoms with E-state index in [0.29, 0.717) is 0 Å². The average Bonchev–Trinajstić information content (AvgIpc) is 2.48. The summed E-state index contributed by atoms with van der Waals surface area (Å²) < 4.78 is 31.7. The van der Waals surface area contributed by atoms with Crippen molar-refractivity contribution in [2.45, 2.75) is 19.4 Å². The molecule has 0 fully saturated rings. The highest BCUT2D eigenvalue weighted by atomic mass is 19.2. The third-order valence-electron chi connectivity index (χ3n) is 3.15. The lowest BCUT2D eigenvalue weighted by Crippen LogP contribution is -2.19. The topological polar surface area (TPSA) is 35.2 Å². The van der Waals surface area contributed by atoms with Gasteiger partial charge in [0.15, 0.2) is 11.6 Å². The number of aryl methyl sites for hydroxylation is 1. The third kappa shape index (κ3) is 3.33. The number of benzene rings is 2. The molecule has 0 spiro atoms. The zero-order chi connectivity index (χ0) is 14.5. The van der Waals surface area contributed by atoms with Crippen LogP contribution in [0.3, 0.4) is 0 Å². The molecule has 0 bridgehead atoms. The Labute approximate surface area is 117 Å². The molecule has 106 valence electrons. The number of hydrogen-bond donors (Lipinski definition) is 1. The van der Waals surface area contributed by atoms with Crippen molar-refractivity contribution in [1.29, 1.82) is 0 Å². The summed E-state index contributed by atoms with van der Waals surface area (Å²) in [7, 11) is 0. The maximum atomic E-state index is 13.4. The molecule has 2 aromatic rings. The van der Waals surface area contributed by atoms with Gasteiger partial charge in [0.25, 0.3) is 0 Å². The van der Waals surface area contributed by atoms with Gasteiger partial charge in [-0.2, -0.15) is 4.39 Å². The first-order chi connectivity index (χ1) is 9.61. The second-order valence-electron chi connectivity index (χ2n) is 4.56. The molecule has 0 aliphatic heterocycles. The molecule has 2 rings (SSSR count). The fourth-order valence-electron chi connectivity index (χ4n) is 1.87. The highest BCUT2D eigenvalue weighted by molar-refractivity contribution is 5.27. The van der Waals surface area contributed by atoms with Crippen LogP contribution < -0.4 is 10.5 Å². The molecule has 0 aliphatic carbocycles. The van der Waals surface area contributed by atoms with Gasteiger partial charge >= 0.3 is 0 Å². The van der Waals surface area contributed by atoms with Crippen molar-refractivity contribution in [3.8, 4) is 5.75 Å². The van der Waals surface area contributed by atoms with Crippen LogP contribution in [0.1, 0.15) is 24.1 Å². The van der Waals surface area contributed by atoms with Crippen LogP contribution in [0.5, 0.6) is 5.75 Å². The van der Waals surface area contributed by atoms with Crippen LogP contribution in [0.15, 0.2) is 42.5 Å². The van der Waals surface area contributed by atoms with Crippen molar-refractivity contribution < 1.29 is 13.5 Å². The number of ether oxygens (including phenoxy) is 1. The molecule has 1 unspecified atom stereocenters. The molecule has 0 amide bonds. The molecule has 0 heterocycles. The zero-order valence-electron chi connectivity index (χ0n) is 11.3. The van der Waals surface area contributed by atoms with E-state index in [9.17, 15) is 8.78 Å². The van der Waals surface area contributed by atoms with Crippen LogP contribution in [0.4, 0.5) is 8.78 Å². The Morgan fingerprint density at radius 3 is 2.45 bits per heavy atom. The normalized spacial score (nSPS) is 12.2. The minimum atomic E-state index is -0.985. The van der Waals surface area contributed by atoms with Crippen molar-refractivity contribution in [3.05, 3.63) is 65.2 Å². The first-order valence-corrected chi connectivity index (χ1v) is 6.53. The summed E-state index contributed by atoms with van der Waals surface area (Å²) in [6, 6.07) is 11.3. The highest BCUT2D eigenvalue weighted by Gasteiger charge is 2.11. The minimum Gasteiger partial charge on any atom is -0.488 e. The fourth-order valence-corrected chi connectivity index (χ4v) is 1.87. The Hall–Kier alpha value is -1.94. The van der Waals surface area contributed by atoms with Gasteiger partial charge in [-0.25, -0.2) is 4.39 Å². The molecule has 2 nitrogen and oxygen atoms in total. The smallest absolute Gasteiger partial charge is 0.200 e. The van der Waals surface area contributed by atoms with E-state index >= 15 is 0 Å². The van der Waals surface area contributed by atoms with Crippen LogP contribution in [0.2, 0.25) is 0 Å². The second kappa shape index (κ2) is 6.48. The minimum absolute atomic E-state index is 0.0891. The molecule has 2 N–H and O–H groups in total. The fraction of sp³-hybridized carbons (Fsp3) is 0.250. The van der Waals surface area contributed by atoms with E-state index in [1.165, 1.54) is 17.7 Å². The van der Waals surface area contributed by atoms with Crippen LogP contribution >= 0.6 is 0 Å². The Bertz CT molecular complexity index is 569. The van der Waals surface area contributed by atoms with Gasteiger partial charge in [-0.05, 0) is 29.7 Å². The van der Waals surface area contributed by atoms with E-state index in [0.717, 1.165) is 18.1 Å². The van der Waals surface area contributed by atoms with E-state index in [2.05, 4.69) is 6.92 Å². The lowest BCUT2D eigenvalue weighted by molar-refractivity contribution is 0.272. The van der Waals surface area contributed by atoms with E-state index in [-0.39, 0.29) is 18.4 Å². The summed E-state index contributed by atoms with van der Waals surface area (Å²) in [5.41, 5.74) is 8.10. The van der Waals surface area contributed by atoms with Crippen molar-refractivity contribution in [2.24, 2.45) is 5.73 Å². The average molecular weight is 277 g/mol. The lowest BCUT2D eigenvalue weighted by Gasteiger charge is -2.14. The van der Waals surface area contributed by atoms with E-state index in [1.54, 1.807) is 0 Å². The quantitative estimate of drug-likeness (QED) is 0.906. The summed E-state index contributed by atoms with van der Waals surface area (Å²) in [5, 5.41) is 0. The van der Waals surface area contributed by atoms with Gasteiger partial charge in [0, 0.05) is 0 Å². The molecular weight excluding hydrogens is 260 g/mol. The van der Waals surface area contributed by atoms with Crippen molar-refractivity contribution in [2.75, 3.05) is 6.61 Å². The maximum absolute atomic E-state index is 13.4. The SMILES string of the molecule is CCc1ccc(C(N)COc2cccc(F)c2F)cc1. The van der Waals surface area contributed by atoms with Gasteiger partial charge < -0.3 is 10.5 Å². The van der Waals surface area contributed by atoms with Gasteiger partial charge in [-0.3, -0.25) is 0 Å². The maximum Gasteiger partial charge on any atom is 0.200 e. The summed E-state index contributed by atoms with van der Waals surface area (Å²) in [6.07, 6.45) is 0.959. The van der Waals surface area contributed by atoms with E-state index in [1.807, 2.05) is 24.3 Å².